The summed E-state index contributed by atoms with van der Waals surface area (Å²) in [5.74, 6) is -0.381. The molecule has 0 unspecified atom stereocenters. The summed E-state index contributed by atoms with van der Waals surface area (Å²) in [5, 5.41) is 3.55. The molecule has 0 atom stereocenters. The van der Waals surface area contributed by atoms with Crippen molar-refractivity contribution < 1.29 is 4.39 Å². The van der Waals surface area contributed by atoms with Crippen LogP contribution in [0.2, 0.25) is 5.02 Å². The third-order valence-corrected chi connectivity index (χ3v) is 3.58. The molecule has 0 bridgehead atoms. The van der Waals surface area contributed by atoms with Crippen molar-refractivity contribution in [3.63, 3.8) is 0 Å². The molecule has 20 heavy (non-hydrogen) atoms. The van der Waals surface area contributed by atoms with E-state index >= 15 is 0 Å². The molecular formula is C17H19ClFN. The van der Waals surface area contributed by atoms with Gasteiger partial charge in [0, 0.05) is 6.54 Å². The van der Waals surface area contributed by atoms with Gasteiger partial charge in [-0.25, -0.2) is 4.39 Å². The van der Waals surface area contributed by atoms with Crippen LogP contribution in [0, 0.1) is 12.7 Å². The van der Waals surface area contributed by atoms with Crippen molar-refractivity contribution >= 4 is 11.6 Å². The molecule has 0 fully saturated rings. The van der Waals surface area contributed by atoms with Crippen LogP contribution in [0.4, 0.5) is 4.39 Å². The van der Waals surface area contributed by atoms with Crippen molar-refractivity contribution in [3.8, 4) is 11.1 Å². The quantitative estimate of drug-likeness (QED) is 0.768. The maximum absolute atomic E-state index is 13.3. The van der Waals surface area contributed by atoms with Crippen molar-refractivity contribution in [2.45, 2.75) is 26.8 Å². The maximum atomic E-state index is 13.3. The lowest BCUT2D eigenvalue weighted by atomic mass is 9.98. The van der Waals surface area contributed by atoms with Gasteiger partial charge in [0.05, 0.1) is 5.02 Å². The molecule has 2 aromatic carbocycles. The molecule has 2 rings (SSSR count). The van der Waals surface area contributed by atoms with E-state index in [4.69, 9.17) is 11.6 Å². The largest absolute Gasteiger partial charge is 0.313 e. The molecule has 0 amide bonds. The molecule has 1 nitrogen and oxygen atoms in total. The highest BCUT2D eigenvalue weighted by atomic mass is 35.5. The van der Waals surface area contributed by atoms with Crippen LogP contribution in [-0.4, -0.2) is 6.54 Å². The second-order valence-corrected chi connectivity index (χ2v) is 5.36. The average molecular weight is 292 g/mol. The monoisotopic (exact) mass is 291 g/mol. The Bertz CT molecular complexity index is 596. The number of hydrogen-bond acceptors (Lipinski definition) is 1. The normalized spacial score (nSPS) is 10.8. The van der Waals surface area contributed by atoms with Gasteiger partial charge in [-0.2, -0.15) is 0 Å². The molecule has 106 valence electrons. The molecule has 0 spiro atoms. The minimum atomic E-state index is -0.381. The van der Waals surface area contributed by atoms with E-state index in [1.165, 1.54) is 11.6 Å². The van der Waals surface area contributed by atoms with Gasteiger partial charge in [0.2, 0.25) is 0 Å². The number of rotatable bonds is 5. The van der Waals surface area contributed by atoms with E-state index in [0.717, 1.165) is 36.2 Å². The standard InChI is InChI=1S/C17H19ClFN/c1-3-8-20-11-13-5-4-12(2)15(9-13)14-6-7-17(19)16(18)10-14/h4-7,9-10,20H,3,8,11H2,1-2H3. The zero-order valence-corrected chi connectivity index (χ0v) is 12.6. The summed E-state index contributed by atoms with van der Waals surface area (Å²) in [6, 6.07) is 11.2. The van der Waals surface area contributed by atoms with Gasteiger partial charge in [0.15, 0.2) is 0 Å². The lowest BCUT2D eigenvalue weighted by Crippen LogP contribution is -2.13. The van der Waals surface area contributed by atoms with Crippen LogP contribution in [-0.2, 0) is 6.54 Å². The smallest absolute Gasteiger partial charge is 0.141 e. The van der Waals surface area contributed by atoms with Gasteiger partial charge in [-0.05, 0) is 60.3 Å². The minimum Gasteiger partial charge on any atom is -0.313 e. The van der Waals surface area contributed by atoms with Gasteiger partial charge < -0.3 is 5.32 Å². The lowest BCUT2D eigenvalue weighted by molar-refractivity contribution is 0.628. The van der Waals surface area contributed by atoms with Crippen LogP contribution in [0.1, 0.15) is 24.5 Å². The molecule has 0 heterocycles. The molecular weight excluding hydrogens is 273 g/mol. The molecule has 0 aliphatic carbocycles. The Balaban J connectivity index is 2.29. The molecule has 0 aromatic heterocycles. The Morgan fingerprint density at radius 1 is 1.15 bits per heavy atom. The first-order chi connectivity index (χ1) is 9.61. The van der Waals surface area contributed by atoms with Crippen molar-refractivity contribution in [3.05, 3.63) is 58.4 Å². The first-order valence-corrected chi connectivity index (χ1v) is 7.25. The third kappa shape index (κ3) is 3.59. The lowest BCUT2D eigenvalue weighted by Gasteiger charge is -2.10. The fraction of sp³-hybridized carbons (Fsp3) is 0.294. The van der Waals surface area contributed by atoms with E-state index in [1.807, 2.05) is 0 Å². The molecule has 3 heteroatoms. The summed E-state index contributed by atoms with van der Waals surface area (Å²) in [6.07, 6.45) is 1.12. The summed E-state index contributed by atoms with van der Waals surface area (Å²) in [4.78, 5) is 0. The van der Waals surface area contributed by atoms with Gasteiger partial charge in [0.25, 0.3) is 0 Å². The van der Waals surface area contributed by atoms with E-state index in [-0.39, 0.29) is 10.8 Å². The Morgan fingerprint density at radius 3 is 2.65 bits per heavy atom. The van der Waals surface area contributed by atoms with Gasteiger partial charge in [-0.15, -0.1) is 0 Å². The first kappa shape index (κ1) is 15.0. The number of nitrogens with one attached hydrogen (secondary N) is 1. The maximum Gasteiger partial charge on any atom is 0.141 e. The van der Waals surface area contributed by atoms with Crippen LogP contribution in [0.25, 0.3) is 11.1 Å². The molecule has 2 aromatic rings. The summed E-state index contributed by atoms with van der Waals surface area (Å²) >= 11 is 5.87. The van der Waals surface area contributed by atoms with Crippen molar-refractivity contribution in [1.29, 1.82) is 0 Å². The second-order valence-electron chi connectivity index (χ2n) is 4.95. The molecule has 0 aliphatic heterocycles. The SMILES string of the molecule is CCCNCc1ccc(C)c(-c2ccc(F)c(Cl)c2)c1. The Kier molecular flexibility index (Phi) is 5.16. The van der Waals surface area contributed by atoms with E-state index in [0.29, 0.717) is 0 Å². The average Bonchev–Trinajstić information content (AvgIpc) is 2.44. The van der Waals surface area contributed by atoms with E-state index in [2.05, 4.69) is 37.4 Å². The fourth-order valence-electron chi connectivity index (χ4n) is 2.16. The topological polar surface area (TPSA) is 12.0 Å². The van der Waals surface area contributed by atoms with Gasteiger partial charge in [0.1, 0.15) is 5.82 Å². The molecule has 1 N–H and O–H groups in total. The number of halogens is 2. The molecule has 0 saturated carbocycles. The predicted octanol–water partition coefficient (Wildman–Crippen LogP) is 4.95. The van der Waals surface area contributed by atoms with Gasteiger partial charge in [-0.1, -0.05) is 36.7 Å². The molecule has 0 radical (unpaired) electrons. The number of aryl methyl sites for hydroxylation is 1. The predicted molar refractivity (Wildman–Crippen MR) is 83.6 cm³/mol. The summed E-state index contributed by atoms with van der Waals surface area (Å²) in [7, 11) is 0. The zero-order chi connectivity index (χ0) is 14.5. The van der Waals surface area contributed by atoms with E-state index < -0.39 is 0 Å². The Hall–Kier alpha value is -1.38. The van der Waals surface area contributed by atoms with Crippen LogP contribution >= 0.6 is 11.6 Å². The minimum absolute atomic E-state index is 0.163. The van der Waals surface area contributed by atoms with Crippen LogP contribution in [0.15, 0.2) is 36.4 Å². The van der Waals surface area contributed by atoms with Crippen molar-refractivity contribution in [2.24, 2.45) is 0 Å². The first-order valence-electron chi connectivity index (χ1n) is 6.87. The highest BCUT2D eigenvalue weighted by Crippen LogP contribution is 2.28. The van der Waals surface area contributed by atoms with E-state index in [9.17, 15) is 4.39 Å². The van der Waals surface area contributed by atoms with Gasteiger partial charge >= 0.3 is 0 Å². The number of benzene rings is 2. The summed E-state index contributed by atoms with van der Waals surface area (Å²) in [5.41, 5.74) is 4.43. The highest BCUT2D eigenvalue weighted by Gasteiger charge is 2.06. The number of hydrogen-bond donors (Lipinski definition) is 1. The summed E-state index contributed by atoms with van der Waals surface area (Å²) in [6.45, 7) is 6.05. The second kappa shape index (κ2) is 6.87. The highest BCUT2D eigenvalue weighted by molar-refractivity contribution is 6.31. The van der Waals surface area contributed by atoms with Crippen LogP contribution < -0.4 is 5.32 Å². The van der Waals surface area contributed by atoms with E-state index in [1.54, 1.807) is 12.1 Å². The van der Waals surface area contributed by atoms with Crippen molar-refractivity contribution in [1.82, 2.24) is 5.32 Å². The van der Waals surface area contributed by atoms with Crippen LogP contribution in [0.3, 0.4) is 0 Å². The molecule has 0 aliphatic rings. The van der Waals surface area contributed by atoms with Crippen molar-refractivity contribution in [2.75, 3.05) is 6.54 Å². The third-order valence-electron chi connectivity index (χ3n) is 3.29. The fourth-order valence-corrected chi connectivity index (χ4v) is 2.34. The van der Waals surface area contributed by atoms with Gasteiger partial charge in [-0.3, -0.25) is 0 Å². The summed E-state index contributed by atoms with van der Waals surface area (Å²) < 4.78 is 13.3. The van der Waals surface area contributed by atoms with Crippen LogP contribution in [0.5, 0.6) is 0 Å². The Morgan fingerprint density at radius 2 is 1.95 bits per heavy atom. The molecule has 0 saturated heterocycles. The Labute approximate surface area is 124 Å². The zero-order valence-electron chi connectivity index (χ0n) is 11.8.